The van der Waals surface area contributed by atoms with Gasteiger partial charge in [0.2, 0.25) is 0 Å². The number of nitrogen functional groups attached to an aromatic ring is 1. The van der Waals surface area contributed by atoms with E-state index in [9.17, 15) is 0 Å². The summed E-state index contributed by atoms with van der Waals surface area (Å²) in [7, 11) is 2.03. The van der Waals surface area contributed by atoms with Crippen molar-refractivity contribution in [3.63, 3.8) is 0 Å². The molecule has 3 rings (SSSR count). The van der Waals surface area contributed by atoms with Crippen molar-refractivity contribution in [2.24, 2.45) is 7.05 Å². The van der Waals surface area contributed by atoms with E-state index >= 15 is 0 Å². The number of aromatic amines is 1. The van der Waals surface area contributed by atoms with E-state index in [1.807, 2.05) is 13.1 Å². The Balaban J connectivity index is 2.22. The second kappa shape index (κ2) is 3.63. The average Bonchev–Trinajstić information content (AvgIpc) is 2.85. The second-order valence-corrected chi connectivity index (χ2v) is 4.88. The highest BCUT2D eigenvalue weighted by Crippen LogP contribution is 2.29. The van der Waals surface area contributed by atoms with E-state index in [2.05, 4.69) is 55.1 Å². The zero-order valence-corrected chi connectivity index (χ0v) is 10.8. The van der Waals surface area contributed by atoms with Gasteiger partial charge in [0.05, 0.1) is 5.69 Å². The summed E-state index contributed by atoms with van der Waals surface area (Å²) in [5, 5.41) is 8.05. The Labute approximate surface area is 107 Å². The highest BCUT2D eigenvalue weighted by atomic mass is 79.9. The first-order chi connectivity index (χ1) is 8.15. The standard InChI is InChI=1S/C12H11BrN4/c1-17-6-9(13)8-3-2-7(4-11(8)17)10-5-12(14)16-15-10/h2-6H,1H3,(H3,14,15,16). The molecule has 0 aliphatic heterocycles. The molecule has 86 valence electrons. The highest BCUT2D eigenvalue weighted by molar-refractivity contribution is 9.10. The molecule has 0 fully saturated rings. The molecule has 2 heterocycles. The Bertz CT molecular complexity index is 696. The molecule has 3 N–H and O–H groups in total. The number of benzene rings is 1. The second-order valence-electron chi connectivity index (χ2n) is 4.03. The molecule has 4 nitrogen and oxygen atoms in total. The number of aryl methyl sites for hydroxylation is 1. The van der Waals surface area contributed by atoms with Crippen LogP contribution in [0.3, 0.4) is 0 Å². The molecule has 0 aliphatic carbocycles. The van der Waals surface area contributed by atoms with Crippen LogP contribution in [0.2, 0.25) is 0 Å². The van der Waals surface area contributed by atoms with Gasteiger partial charge in [-0.2, -0.15) is 5.10 Å². The molecular formula is C12H11BrN4. The van der Waals surface area contributed by atoms with Gasteiger partial charge in [-0.15, -0.1) is 0 Å². The van der Waals surface area contributed by atoms with E-state index in [-0.39, 0.29) is 0 Å². The van der Waals surface area contributed by atoms with Gasteiger partial charge in [-0.05, 0) is 22.0 Å². The molecule has 0 saturated heterocycles. The summed E-state index contributed by atoms with van der Waals surface area (Å²) in [5.74, 6) is 0.508. The van der Waals surface area contributed by atoms with Crippen molar-refractivity contribution in [2.45, 2.75) is 0 Å². The molecule has 0 bridgehead atoms. The molecule has 3 aromatic rings. The summed E-state index contributed by atoms with van der Waals surface area (Å²) in [5.41, 5.74) is 8.79. The van der Waals surface area contributed by atoms with Crippen molar-refractivity contribution in [1.82, 2.24) is 14.8 Å². The molecule has 0 atom stereocenters. The van der Waals surface area contributed by atoms with Crippen LogP contribution in [0.1, 0.15) is 0 Å². The maximum atomic E-state index is 5.61. The maximum absolute atomic E-state index is 5.61. The van der Waals surface area contributed by atoms with Crippen molar-refractivity contribution in [1.29, 1.82) is 0 Å². The zero-order valence-electron chi connectivity index (χ0n) is 9.24. The predicted octanol–water partition coefficient (Wildman–Crippen LogP) is 2.91. The monoisotopic (exact) mass is 290 g/mol. The third-order valence-electron chi connectivity index (χ3n) is 2.85. The van der Waals surface area contributed by atoms with Crippen molar-refractivity contribution in [3.8, 4) is 11.3 Å². The lowest BCUT2D eigenvalue weighted by Crippen LogP contribution is -1.85. The number of nitrogens with one attached hydrogen (secondary N) is 1. The number of aromatic nitrogens is 3. The van der Waals surface area contributed by atoms with Gasteiger partial charge < -0.3 is 10.3 Å². The van der Waals surface area contributed by atoms with E-state index in [4.69, 9.17) is 5.73 Å². The first kappa shape index (κ1) is 10.4. The van der Waals surface area contributed by atoms with Crippen molar-refractivity contribution >= 4 is 32.7 Å². The van der Waals surface area contributed by atoms with Gasteiger partial charge in [0.25, 0.3) is 0 Å². The minimum absolute atomic E-state index is 0.508. The summed E-state index contributed by atoms with van der Waals surface area (Å²) in [6.45, 7) is 0. The molecular weight excluding hydrogens is 280 g/mol. The van der Waals surface area contributed by atoms with E-state index in [1.54, 1.807) is 0 Å². The molecule has 1 aromatic carbocycles. The Morgan fingerprint density at radius 1 is 1.35 bits per heavy atom. The van der Waals surface area contributed by atoms with Gasteiger partial charge in [0, 0.05) is 40.2 Å². The summed E-state index contributed by atoms with van der Waals surface area (Å²) < 4.78 is 3.19. The molecule has 0 amide bonds. The Hall–Kier alpha value is -1.75. The normalized spacial score (nSPS) is 11.2. The quantitative estimate of drug-likeness (QED) is 0.724. The number of rotatable bonds is 1. The van der Waals surface area contributed by atoms with Crippen molar-refractivity contribution in [3.05, 3.63) is 34.9 Å². The van der Waals surface area contributed by atoms with Crippen LogP contribution in [-0.2, 0) is 7.05 Å². The van der Waals surface area contributed by atoms with Gasteiger partial charge >= 0.3 is 0 Å². The number of hydrogen-bond donors (Lipinski definition) is 2. The van der Waals surface area contributed by atoms with Crippen LogP contribution in [0.5, 0.6) is 0 Å². The van der Waals surface area contributed by atoms with Gasteiger partial charge in [-0.3, -0.25) is 5.10 Å². The van der Waals surface area contributed by atoms with Crippen molar-refractivity contribution in [2.75, 3.05) is 5.73 Å². The number of fused-ring (bicyclic) bond motifs is 1. The van der Waals surface area contributed by atoms with E-state index < -0.39 is 0 Å². The molecule has 0 spiro atoms. The fourth-order valence-electron chi connectivity index (χ4n) is 1.99. The van der Waals surface area contributed by atoms with Crippen LogP contribution in [0.25, 0.3) is 22.2 Å². The number of hydrogen-bond acceptors (Lipinski definition) is 2. The van der Waals surface area contributed by atoms with E-state index in [1.165, 1.54) is 10.9 Å². The predicted molar refractivity (Wildman–Crippen MR) is 72.6 cm³/mol. The SMILES string of the molecule is Cn1cc(Br)c2ccc(-c3cc(N)n[nH]3)cc21. The average molecular weight is 291 g/mol. The minimum Gasteiger partial charge on any atom is -0.382 e. The molecule has 2 aromatic heterocycles. The third-order valence-corrected chi connectivity index (χ3v) is 3.48. The van der Waals surface area contributed by atoms with Crippen LogP contribution < -0.4 is 5.73 Å². The fraction of sp³-hybridized carbons (Fsp3) is 0.0833. The molecule has 17 heavy (non-hydrogen) atoms. The number of nitrogens with two attached hydrogens (primary N) is 1. The Morgan fingerprint density at radius 3 is 2.88 bits per heavy atom. The molecule has 0 saturated carbocycles. The Morgan fingerprint density at radius 2 is 2.18 bits per heavy atom. The lowest BCUT2D eigenvalue weighted by molar-refractivity contribution is 0.966. The van der Waals surface area contributed by atoms with Crippen molar-refractivity contribution < 1.29 is 0 Å². The van der Waals surface area contributed by atoms with Crippen LogP contribution in [0.4, 0.5) is 5.82 Å². The van der Waals surface area contributed by atoms with E-state index in [0.29, 0.717) is 5.82 Å². The highest BCUT2D eigenvalue weighted by Gasteiger charge is 2.07. The number of halogens is 1. The topological polar surface area (TPSA) is 59.6 Å². The smallest absolute Gasteiger partial charge is 0.145 e. The lowest BCUT2D eigenvalue weighted by atomic mass is 10.1. The molecule has 0 unspecified atom stereocenters. The summed E-state index contributed by atoms with van der Waals surface area (Å²) in [4.78, 5) is 0. The molecule has 0 aliphatic rings. The first-order valence-corrected chi connectivity index (χ1v) is 6.00. The Kier molecular flexibility index (Phi) is 2.22. The minimum atomic E-state index is 0.508. The summed E-state index contributed by atoms with van der Waals surface area (Å²) in [6, 6.07) is 8.10. The van der Waals surface area contributed by atoms with Crippen LogP contribution in [0, 0.1) is 0 Å². The third kappa shape index (κ3) is 1.63. The summed E-state index contributed by atoms with van der Waals surface area (Å²) >= 11 is 3.54. The van der Waals surface area contributed by atoms with Crippen LogP contribution in [0.15, 0.2) is 34.9 Å². The summed E-state index contributed by atoms with van der Waals surface area (Å²) in [6.07, 6.45) is 2.05. The molecule has 0 radical (unpaired) electrons. The van der Waals surface area contributed by atoms with Gasteiger partial charge in [-0.25, -0.2) is 0 Å². The van der Waals surface area contributed by atoms with E-state index in [0.717, 1.165) is 15.7 Å². The lowest BCUT2D eigenvalue weighted by Gasteiger charge is -2.00. The number of nitrogens with zero attached hydrogens (tertiary/aromatic N) is 2. The van der Waals surface area contributed by atoms with Gasteiger partial charge in [0.15, 0.2) is 0 Å². The zero-order chi connectivity index (χ0) is 12.0. The van der Waals surface area contributed by atoms with Gasteiger partial charge in [-0.1, -0.05) is 12.1 Å². The van der Waals surface area contributed by atoms with Crippen LogP contribution in [-0.4, -0.2) is 14.8 Å². The van der Waals surface area contributed by atoms with Crippen LogP contribution >= 0.6 is 15.9 Å². The fourth-order valence-corrected chi connectivity index (χ4v) is 2.63. The maximum Gasteiger partial charge on any atom is 0.145 e. The molecule has 5 heteroatoms. The first-order valence-electron chi connectivity index (χ1n) is 5.21. The number of H-pyrrole nitrogens is 1. The van der Waals surface area contributed by atoms with Gasteiger partial charge in [0.1, 0.15) is 5.82 Å². The largest absolute Gasteiger partial charge is 0.382 e. The number of anilines is 1.